The molecule has 2 fully saturated rings. The molecule has 2 atom stereocenters. The maximum Gasteiger partial charge on any atom is 0.349 e. The maximum absolute atomic E-state index is 12.6. The number of hydrogen-bond donors (Lipinski definition) is 1. The number of likely N-dealkylation sites (N-methyl/N-ethyl adjacent to an activating group) is 1. The molecule has 8 nitrogen and oxygen atoms in total. The van der Waals surface area contributed by atoms with Crippen LogP contribution in [0.4, 0.5) is 0 Å². The number of rotatable bonds is 5. The molecule has 0 saturated carbocycles. The van der Waals surface area contributed by atoms with Gasteiger partial charge < -0.3 is 19.4 Å². The van der Waals surface area contributed by atoms with Gasteiger partial charge in [-0.3, -0.25) is 14.5 Å². The molecule has 30 heavy (non-hydrogen) atoms. The average molecular weight is 413 g/mol. The first kappa shape index (κ1) is 20.6. The minimum absolute atomic E-state index is 0.00777. The number of carbonyl (C=O) groups is 2. The molecule has 0 unspecified atom stereocenters. The summed E-state index contributed by atoms with van der Waals surface area (Å²) in [6.07, 6.45) is 2.28. The minimum Gasteiger partial charge on any atom is -0.422 e. The predicted molar refractivity (Wildman–Crippen MR) is 111 cm³/mol. The molecule has 2 aliphatic rings. The van der Waals surface area contributed by atoms with E-state index in [9.17, 15) is 14.4 Å². The summed E-state index contributed by atoms with van der Waals surface area (Å²) in [5, 5.41) is 3.57. The number of carbonyl (C=O) groups excluding carboxylic acids is 2. The molecule has 1 N–H and O–H groups in total. The van der Waals surface area contributed by atoms with Crippen LogP contribution in [-0.2, 0) is 9.53 Å². The molecule has 0 bridgehead atoms. The van der Waals surface area contributed by atoms with Crippen LogP contribution in [0, 0.1) is 0 Å². The minimum atomic E-state index is -0.639. The van der Waals surface area contributed by atoms with Gasteiger partial charge in [-0.1, -0.05) is 18.2 Å². The lowest BCUT2D eigenvalue weighted by atomic mass is 10.1. The van der Waals surface area contributed by atoms with Crippen molar-refractivity contribution in [1.82, 2.24) is 15.1 Å². The molecule has 0 spiro atoms. The van der Waals surface area contributed by atoms with Gasteiger partial charge in [0.05, 0.1) is 13.2 Å². The SMILES string of the molecule is CN1[C@@H](CC(=O)N2CCOCC2)CC[C@H]1CNC(=O)c1cc2ccccc2oc1=O. The lowest BCUT2D eigenvalue weighted by molar-refractivity contribution is -0.136. The molecule has 1 aromatic carbocycles. The van der Waals surface area contributed by atoms with Crippen molar-refractivity contribution < 1.29 is 18.7 Å². The highest BCUT2D eigenvalue weighted by atomic mass is 16.5. The standard InChI is InChI=1S/C22H27N3O5/c1-24-16(13-20(26)25-8-10-29-11-9-25)6-7-17(24)14-23-21(27)18-12-15-4-2-3-5-19(15)30-22(18)28/h2-5,12,16-17H,6-11,13-14H2,1H3,(H,23,27)/t16-,17+/m1/s1. The molecule has 1 aromatic heterocycles. The lowest BCUT2D eigenvalue weighted by Gasteiger charge is -2.30. The van der Waals surface area contributed by atoms with Gasteiger partial charge in [-0.05, 0) is 32.0 Å². The van der Waals surface area contributed by atoms with Crippen molar-refractivity contribution in [3.05, 3.63) is 46.3 Å². The largest absolute Gasteiger partial charge is 0.422 e. The lowest BCUT2D eigenvalue weighted by Crippen LogP contribution is -2.45. The summed E-state index contributed by atoms with van der Waals surface area (Å²) in [6.45, 7) is 2.93. The number of amides is 2. The van der Waals surface area contributed by atoms with E-state index in [4.69, 9.17) is 9.15 Å². The zero-order valence-electron chi connectivity index (χ0n) is 17.1. The normalized spacial score (nSPS) is 22.4. The van der Waals surface area contributed by atoms with Crippen LogP contribution in [0.25, 0.3) is 11.0 Å². The van der Waals surface area contributed by atoms with Crippen LogP contribution >= 0.6 is 0 Å². The van der Waals surface area contributed by atoms with Crippen LogP contribution in [0.3, 0.4) is 0 Å². The molecular weight excluding hydrogens is 386 g/mol. The van der Waals surface area contributed by atoms with Crippen molar-refractivity contribution in [2.24, 2.45) is 0 Å². The van der Waals surface area contributed by atoms with E-state index >= 15 is 0 Å². The van der Waals surface area contributed by atoms with E-state index in [-0.39, 0.29) is 23.6 Å². The summed E-state index contributed by atoms with van der Waals surface area (Å²) in [5.74, 6) is -0.274. The monoisotopic (exact) mass is 413 g/mol. The Morgan fingerprint density at radius 1 is 1.13 bits per heavy atom. The number of para-hydroxylation sites is 1. The zero-order valence-corrected chi connectivity index (χ0v) is 17.1. The van der Waals surface area contributed by atoms with E-state index in [1.165, 1.54) is 0 Å². The van der Waals surface area contributed by atoms with Gasteiger partial charge in [-0.25, -0.2) is 4.79 Å². The highest BCUT2D eigenvalue weighted by molar-refractivity contribution is 5.96. The Morgan fingerprint density at radius 3 is 2.67 bits per heavy atom. The second-order valence-electron chi connectivity index (χ2n) is 7.94. The van der Waals surface area contributed by atoms with Gasteiger partial charge in [-0.2, -0.15) is 0 Å². The summed E-state index contributed by atoms with van der Waals surface area (Å²) in [4.78, 5) is 41.3. The van der Waals surface area contributed by atoms with Gasteiger partial charge in [0.15, 0.2) is 0 Å². The Kier molecular flexibility index (Phi) is 6.15. The van der Waals surface area contributed by atoms with Crippen LogP contribution in [0.1, 0.15) is 29.6 Å². The van der Waals surface area contributed by atoms with Crippen molar-refractivity contribution in [3.8, 4) is 0 Å². The third-order valence-electron chi connectivity index (χ3n) is 6.14. The number of hydrogen-bond acceptors (Lipinski definition) is 6. The first-order valence-electron chi connectivity index (χ1n) is 10.4. The Bertz CT molecular complexity index is 982. The van der Waals surface area contributed by atoms with Crippen molar-refractivity contribution in [2.45, 2.75) is 31.3 Å². The van der Waals surface area contributed by atoms with Gasteiger partial charge in [0.2, 0.25) is 5.91 Å². The van der Waals surface area contributed by atoms with E-state index in [0.717, 1.165) is 12.8 Å². The first-order chi connectivity index (χ1) is 14.5. The Balaban J connectivity index is 1.33. The second kappa shape index (κ2) is 8.97. The van der Waals surface area contributed by atoms with E-state index in [0.29, 0.717) is 50.2 Å². The van der Waals surface area contributed by atoms with Gasteiger partial charge in [0, 0.05) is 43.5 Å². The Labute approximate surface area is 174 Å². The fourth-order valence-corrected chi connectivity index (χ4v) is 4.25. The number of ether oxygens (including phenoxy) is 1. The van der Waals surface area contributed by atoms with Gasteiger partial charge in [0.25, 0.3) is 5.91 Å². The summed E-state index contributed by atoms with van der Waals surface area (Å²) in [6, 6.07) is 8.97. The van der Waals surface area contributed by atoms with Crippen LogP contribution in [-0.4, -0.2) is 73.6 Å². The topological polar surface area (TPSA) is 92.1 Å². The molecule has 0 radical (unpaired) electrons. The zero-order chi connectivity index (χ0) is 21.1. The van der Waals surface area contributed by atoms with Crippen LogP contribution in [0.15, 0.2) is 39.5 Å². The smallest absolute Gasteiger partial charge is 0.349 e. The summed E-state index contributed by atoms with van der Waals surface area (Å²) < 4.78 is 10.6. The molecular formula is C22H27N3O5. The molecule has 8 heteroatoms. The average Bonchev–Trinajstić information content (AvgIpc) is 3.11. The number of fused-ring (bicyclic) bond motifs is 1. The highest BCUT2D eigenvalue weighted by Crippen LogP contribution is 2.25. The number of likely N-dealkylation sites (tertiary alicyclic amines) is 1. The quantitative estimate of drug-likeness (QED) is 0.742. The third-order valence-corrected chi connectivity index (χ3v) is 6.14. The predicted octanol–water partition coefficient (Wildman–Crippen LogP) is 1.23. The fourth-order valence-electron chi connectivity index (χ4n) is 4.25. The molecule has 2 amide bonds. The van der Waals surface area contributed by atoms with Gasteiger partial charge in [-0.15, -0.1) is 0 Å². The summed E-state index contributed by atoms with van der Waals surface area (Å²) in [7, 11) is 1.99. The molecule has 3 heterocycles. The van der Waals surface area contributed by atoms with Crippen molar-refractivity contribution in [3.63, 3.8) is 0 Å². The number of nitrogens with zero attached hydrogens (tertiary/aromatic N) is 2. The van der Waals surface area contributed by atoms with E-state index in [2.05, 4.69) is 10.2 Å². The Morgan fingerprint density at radius 2 is 1.87 bits per heavy atom. The first-order valence-corrected chi connectivity index (χ1v) is 10.4. The Hall–Kier alpha value is -2.71. The second-order valence-corrected chi connectivity index (χ2v) is 7.94. The number of morpholine rings is 1. The van der Waals surface area contributed by atoms with Gasteiger partial charge >= 0.3 is 5.63 Å². The number of benzene rings is 1. The highest BCUT2D eigenvalue weighted by Gasteiger charge is 2.33. The van der Waals surface area contributed by atoms with E-state index in [1.54, 1.807) is 24.3 Å². The fraction of sp³-hybridized carbons (Fsp3) is 0.500. The van der Waals surface area contributed by atoms with E-state index < -0.39 is 11.5 Å². The third kappa shape index (κ3) is 4.39. The summed E-state index contributed by atoms with van der Waals surface area (Å²) in [5.41, 5.74) is -0.171. The van der Waals surface area contributed by atoms with Crippen molar-refractivity contribution >= 4 is 22.8 Å². The molecule has 2 aromatic rings. The van der Waals surface area contributed by atoms with Crippen LogP contribution in [0.2, 0.25) is 0 Å². The summed E-state index contributed by atoms with van der Waals surface area (Å²) >= 11 is 0. The van der Waals surface area contributed by atoms with Gasteiger partial charge in [0.1, 0.15) is 11.1 Å². The molecule has 0 aliphatic carbocycles. The molecule has 2 aliphatic heterocycles. The van der Waals surface area contributed by atoms with Crippen molar-refractivity contribution in [2.75, 3.05) is 39.9 Å². The molecule has 2 saturated heterocycles. The van der Waals surface area contributed by atoms with Crippen LogP contribution < -0.4 is 10.9 Å². The van der Waals surface area contributed by atoms with Crippen LogP contribution in [0.5, 0.6) is 0 Å². The number of nitrogens with one attached hydrogen (secondary N) is 1. The maximum atomic E-state index is 12.6. The molecule has 160 valence electrons. The van der Waals surface area contributed by atoms with E-state index in [1.807, 2.05) is 18.0 Å². The molecule has 4 rings (SSSR count). The van der Waals surface area contributed by atoms with Crippen molar-refractivity contribution in [1.29, 1.82) is 0 Å².